The second-order valence-corrected chi connectivity index (χ2v) is 5.50. The lowest BCUT2D eigenvalue weighted by molar-refractivity contribution is -0.112. The van der Waals surface area contributed by atoms with Gasteiger partial charge >= 0.3 is 0 Å². The van der Waals surface area contributed by atoms with Gasteiger partial charge in [-0.3, -0.25) is 4.79 Å². The van der Waals surface area contributed by atoms with Crippen molar-refractivity contribution in [2.75, 3.05) is 0 Å². The topological polar surface area (TPSA) is 17.1 Å². The number of benzene rings is 1. The lowest BCUT2D eigenvalue weighted by Gasteiger charge is -2.08. The van der Waals surface area contributed by atoms with E-state index < -0.39 is 0 Å². The van der Waals surface area contributed by atoms with Crippen molar-refractivity contribution in [2.45, 2.75) is 37.3 Å². The number of allylic oxidation sites excluding steroid dienone is 2. The van der Waals surface area contributed by atoms with Gasteiger partial charge in [0.05, 0.1) is 0 Å². The van der Waals surface area contributed by atoms with Gasteiger partial charge in [-0.15, -0.1) is 11.8 Å². The lowest BCUT2D eigenvalue weighted by atomic mass is 10.2. The maximum Gasteiger partial charge on any atom is 0.152 e. The van der Waals surface area contributed by atoms with E-state index in [0.29, 0.717) is 5.25 Å². The molecule has 0 bridgehead atoms. The first-order valence-electron chi connectivity index (χ1n) is 5.48. The number of carbonyl (C=O) groups excluding carboxylic acids is 1. The molecule has 1 aromatic rings. The SMILES string of the molecule is CC(=O)/C=C/CC(C)Sc1ccc(C)cc1. The maximum absolute atomic E-state index is 10.7. The molecular formula is C14H18OS. The van der Waals surface area contributed by atoms with Gasteiger partial charge in [0.2, 0.25) is 0 Å². The number of hydrogen-bond donors (Lipinski definition) is 0. The normalized spacial score (nSPS) is 12.9. The summed E-state index contributed by atoms with van der Waals surface area (Å²) < 4.78 is 0. The smallest absolute Gasteiger partial charge is 0.152 e. The summed E-state index contributed by atoms with van der Waals surface area (Å²) in [5.74, 6) is 0.118. The van der Waals surface area contributed by atoms with Crippen molar-refractivity contribution < 1.29 is 4.79 Å². The molecule has 0 radical (unpaired) electrons. The van der Waals surface area contributed by atoms with E-state index in [0.717, 1.165) is 6.42 Å². The fraction of sp³-hybridized carbons (Fsp3) is 0.357. The van der Waals surface area contributed by atoms with Crippen LogP contribution in [0.15, 0.2) is 41.3 Å². The van der Waals surface area contributed by atoms with Crippen LogP contribution in [0, 0.1) is 6.92 Å². The second kappa shape index (κ2) is 6.54. The van der Waals surface area contributed by atoms with Gasteiger partial charge in [0.15, 0.2) is 5.78 Å². The minimum atomic E-state index is 0.118. The molecule has 2 heteroatoms. The molecule has 0 N–H and O–H groups in total. The highest BCUT2D eigenvalue weighted by Crippen LogP contribution is 2.25. The predicted molar refractivity (Wildman–Crippen MR) is 70.9 cm³/mol. The van der Waals surface area contributed by atoms with Gasteiger partial charge in [0.1, 0.15) is 0 Å². The summed E-state index contributed by atoms with van der Waals surface area (Å²) in [6, 6.07) is 8.54. The van der Waals surface area contributed by atoms with E-state index in [1.54, 1.807) is 13.0 Å². The Morgan fingerprint density at radius 1 is 1.38 bits per heavy atom. The Bertz CT molecular complexity index is 365. The summed E-state index contributed by atoms with van der Waals surface area (Å²) in [6.45, 7) is 5.84. The molecular weight excluding hydrogens is 216 g/mol. The molecule has 0 aliphatic heterocycles. The first-order chi connectivity index (χ1) is 7.58. The highest BCUT2D eigenvalue weighted by Gasteiger charge is 2.02. The lowest BCUT2D eigenvalue weighted by Crippen LogP contribution is -1.93. The minimum absolute atomic E-state index is 0.118. The molecule has 0 aromatic heterocycles. The van der Waals surface area contributed by atoms with Crippen LogP contribution in [0.2, 0.25) is 0 Å². The predicted octanol–water partition coefficient (Wildman–Crippen LogP) is 4.01. The Morgan fingerprint density at radius 3 is 2.56 bits per heavy atom. The monoisotopic (exact) mass is 234 g/mol. The first kappa shape index (κ1) is 13.0. The summed E-state index contributed by atoms with van der Waals surface area (Å²) in [4.78, 5) is 12.0. The molecule has 1 rings (SSSR count). The Hall–Kier alpha value is -1.02. The fourth-order valence-electron chi connectivity index (χ4n) is 1.32. The molecule has 0 heterocycles. The van der Waals surface area contributed by atoms with E-state index in [2.05, 4.69) is 38.1 Å². The van der Waals surface area contributed by atoms with E-state index in [1.807, 2.05) is 17.8 Å². The molecule has 0 aliphatic carbocycles. The van der Waals surface area contributed by atoms with E-state index >= 15 is 0 Å². The quantitative estimate of drug-likeness (QED) is 0.565. The van der Waals surface area contributed by atoms with Crippen molar-refractivity contribution in [3.8, 4) is 0 Å². The zero-order valence-electron chi connectivity index (χ0n) is 10.1. The number of thioether (sulfide) groups is 1. The Morgan fingerprint density at radius 2 is 2.00 bits per heavy atom. The zero-order chi connectivity index (χ0) is 12.0. The molecule has 86 valence electrons. The summed E-state index contributed by atoms with van der Waals surface area (Å²) >= 11 is 1.84. The van der Waals surface area contributed by atoms with E-state index in [4.69, 9.17) is 0 Å². The number of aryl methyl sites for hydroxylation is 1. The molecule has 0 saturated carbocycles. The van der Waals surface area contributed by atoms with Crippen molar-refractivity contribution in [2.24, 2.45) is 0 Å². The average molecular weight is 234 g/mol. The summed E-state index contributed by atoms with van der Waals surface area (Å²) in [7, 11) is 0. The van der Waals surface area contributed by atoms with Crippen LogP contribution in [0.4, 0.5) is 0 Å². The molecule has 0 amide bonds. The Labute approximate surface area is 102 Å². The van der Waals surface area contributed by atoms with E-state index in [9.17, 15) is 4.79 Å². The maximum atomic E-state index is 10.7. The third-order valence-electron chi connectivity index (χ3n) is 2.18. The van der Waals surface area contributed by atoms with Crippen LogP contribution in [-0.2, 0) is 4.79 Å². The highest BCUT2D eigenvalue weighted by atomic mass is 32.2. The standard InChI is InChI=1S/C14H18OS/c1-11-7-9-14(10-8-11)16-13(3)6-4-5-12(2)15/h4-5,7-10,13H,6H2,1-3H3/b5-4+. The molecule has 0 spiro atoms. The molecule has 1 aromatic carbocycles. The molecule has 0 saturated heterocycles. The van der Waals surface area contributed by atoms with Crippen molar-refractivity contribution in [3.05, 3.63) is 42.0 Å². The van der Waals surface area contributed by atoms with Crippen molar-refractivity contribution in [3.63, 3.8) is 0 Å². The Balaban J connectivity index is 2.42. The third-order valence-corrected chi connectivity index (χ3v) is 3.32. The van der Waals surface area contributed by atoms with Gasteiger partial charge in [-0.2, -0.15) is 0 Å². The fourth-order valence-corrected chi connectivity index (χ4v) is 2.29. The van der Waals surface area contributed by atoms with Gasteiger partial charge in [0.25, 0.3) is 0 Å². The van der Waals surface area contributed by atoms with Crippen LogP contribution in [-0.4, -0.2) is 11.0 Å². The number of carbonyl (C=O) groups is 1. The molecule has 16 heavy (non-hydrogen) atoms. The summed E-state index contributed by atoms with van der Waals surface area (Å²) in [5, 5.41) is 0.498. The van der Waals surface area contributed by atoms with Crippen LogP contribution in [0.25, 0.3) is 0 Å². The van der Waals surface area contributed by atoms with Crippen molar-refractivity contribution in [1.29, 1.82) is 0 Å². The zero-order valence-corrected chi connectivity index (χ0v) is 10.9. The molecule has 1 unspecified atom stereocenters. The number of rotatable bonds is 5. The number of hydrogen-bond acceptors (Lipinski definition) is 2. The minimum Gasteiger partial charge on any atom is -0.295 e. The van der Waals surface area contributed by atoms with Gasteiger partial charge in [-0.1, -0.05) is 30.7 Å². The van der Waals surface area contributed by atoms with Crippen LogP contribution in [0.3, 0.4) is 0 Å². The van der Waals surface area contributed by atoms with Gasteiger partial charge in [-0.05, 0) is 38.5 Å². The van der Waals surface area contributed by atoms with Crippen molar-refractivity contribution in [1.82, 2.24) is 0 Å². The van der Waals surface area contributed by atoms with Gasteiger partial charge in [0, 0.05) is 10.1 Å². The largest absolute Gasteiger partial charge is 0.295 e. The third kappa shape index (κ3) is 5.17. The molecule has 0 fully saturated rings. The molecule has 1 atom stereocenters. The van der Waals surface area contributed by atoms with Gasteiger partial charge in [-0.25, -0.2) is 0 Å². The second-order valence-electron chi connectivity index (χ2n) is 3.99. The summed E-state index contributed by atoms with van der Waals surface area (Å²) in [5.41, 5.74) is 1.29. The van der Waals surface area contributed by atoms with Crippen molar-refractivity contribution >= 4 is 17.5 Å². The number of ketones is 1. The average Bonchev–Trinajstić information content (AvgIpc) is 2.21. The highest BCUT2D eigenvalue weighted by molar-refractivity contribution is 7.99. The van der Waals surface area contributed by atoms with Gasteiger partial charge < -0.3 is 0 Å². The van der Waals surface area contributed by atoms with E-state index in [-0.39, 0.29) is 5.78 Å². The Kier molecular flexibility index (Phi) is 5.33. The van der Waals surface area contributed by atoms with Crippen LogP contribution >= 0.6 is 11.8 Å². The van der Waals surface area contributed by atoms with Crippen LogP contribution < -0.4 is 0 Å². The molecule has 0 aliphatic rings. The van der Waals surface area contributed by atoms with Crippen LogP contribution in [0.1, 0.15) is 25.8 Å². The van der Waals surface area contributed by atoms with Crippen LogP contribution in [0.5, 0.6) is 0 Å². The van der Waals surface area contributed by atoms with E-state index in [1.165, 1.54) is 10.5 Å². The summed E-state index contributed by atoms with van der Waals surface area (Å²) in [6.07, 6.45) is 4.53. The first-order valence-corrected chi connectivity index (χ1v) is 6.36. The molecule has 1 nitrogen and oxygen atoms in total.